The normalized spacial score (nSPS) is 27.1. The highest BCUT2D eigenvalue weighted by Gasteiger charge is 2.40. The Balaban J connectivity index is 1.52. The minimum Gasteiger partial charge on any atom is -0.506 e. The predicted octanol–water partition coefficient (Wildman–Crippen LogP) is 0.820. The van der Waals surface area contributed by atoms with Crippen LogP contribution in [0.4, 0.5) is 10.1 Å². The Morgan fingerprint density at radius 2 is 1.79 bits per heavy atom. The maximum atomic E-state index is 15.2. The van der Waals surface area contributed by atoms with Gasteiger partial charge < -0.3 is 5.11 Å². The maximum Gasteiger partial charge on any atom is 0.326 e. The number of hydrogen-bond donors (Lipinski definition) is 3. The molecule has 0 radical (unpaired) electrons. The number of hydrogen-bond acceptors (Lipinski definition) is 6. The van der Waals surface area contributed by atoms with Crippen molar-refractivity contribution < 1.29 is 31.1 Å². The van der Waals surface area contributed by atoms with Gasteiger partial charge in [0, 0.05) is 6.04 Å². The second-order valence-electron chi connectivity index (χ2n) is 7.78. The molecule has 1 heterocycles. The van der Waals surface area contributed by atoms with Crippen molar-refractivity contribution in [3.05, 3.63) is 23.5 Å². The van der Waals surface area contributed by atoms with E-state index in [9.17, 15) is 26.7 Å². The number of aromatic hydroxyl groups is 1. The van der Waals surface area contributed by atoms with Crippen LogP contribution in [0.25, 0.3) is 0 Å². The second kappa shape index (κ2) is 7.10. The van der Waals surface area contributed by atoms with Crippen LogP contribution in [-0.4, -0.2) is 45.7 Å². The zero-order valence-electron chi connectivity index (χ0n) is 15.5. The summed E-state index contributed by atoms with van der Waals surface area (Å²) in [5, 5.41) is 9.76. The summed E-state index contributed by atoms with van der Waals surface area (Å²) in [6.07, 6.45) is 3.47. The van der Waals surface area contributed by atoms with Crippen molar-refractivity contribution in [2.24, 2.45) is 0 Å². The fraction of sp³-hybridized carbons (Fsp3) is 0.588. The van der Waals surface area contributed by atoms with Crippen molar-refractivity contribution in [1.29, 1.82) is 0 Å². The molecule has 1 aromatic carbocycles. The van der Waals surface area contributed by atoms with Crippen LogP contribution in [0.3, 0.4) is 0 Å². The van der Waals surface area contributed by atoms with Crippen LogP contribution in [0, 0.1) is 5.82 Å². The topological polar surface area (TPSA) is 133 Å². The molecule has 1 amide bonds. The van der Waals surface area contributed by atoms with Gasteiger partial charge in [-0.3, -0.25) is 4.79 Å². The summed E-state index contributed by atoms with van der Waals surface area (Å²) in [6, 6.07) is 2.43. The first-order chi connectivity index (χ1) is 13.6. The van der Waals surface area contributed by atoms with Crippen LogP contribution in [0.2, 0.25) is 0 Å². The Kier molecular flexibility index (Phi) is 4.98. The number of rotatable bonds is 5. The molecule has 1 aromatic rings. The van der Waals surface area contributed by atoms with Gasteiger partial charge in [0.05, 0.1) is 5.25 Å². The smallest absolute Gasteiger partial charge is 0.326 e. The van der Waals surface area contributed by atoms with Gasteiger partial charge in [0.15, 0.2) is 5.82 Å². The average Bonchev–Trinajstić information content (AvgIpc) is 3.43. The van der Waals surface area contributed by atoms with Crippen molar-refractivity contribution in [3.8, 4) is 5.75 Å². The third-order valence-corrected chi connectivity index (χ3v) is 9.04. The van der Waals surface area contributed by atoms with Crippen molar-refractivity contribution in [3.63, 3.8) is 0 Å². The summed E-state index contributed by atoms with van der Waals surface area (Å²) in [4.78, 5) is 11.5. The number of carbonyl (C=O) groups is 1. The van der Waals surface area contributed by atoms with E-state index < -0.39 is 49.9 Å². The van der Waals surface area contributed by atoms with Gasteiger partial charge in [0.2, 0.25) is 10.0 Å². The van der Waals surface area contributed by atoms with Crippen LogP contribution in [-0.2, 0) is 25.0 Å². The van der Waals surface area contributed by atoms with Gasteiger partial charge in [-0.1, -0.05) is 6.07 Å². The Bertz CT molecular complexity index is 1050. The third kappa shape index (κ3) is 3.92. The molecule has 0 aromatic heterocycles. The standard InChI is InChI=1S/C17H22FN3O6S2/c18-16-13(7-8-14(22)17(16)21-9-15(23)20-29(21,26)27)10-1-3-11(4-2-10)19-28(24,25)12-5-6-12/h7-8,10-12,19,22H,1-6,9H2,(H,20,23). The average molecular weight is 448 g/mol. The van der Waals surface area contributed by atoms with Gasteiger partial charge in [0.1, 0.15) is 18.0 Å². The largest absolute Gasteiger partial charge is 0.506 e. The highest BCUT2D eigenvalue weighted by Crippen LogP contribution is 2.41. The van der Waals surface area contributed by atoms with E-state index in [0.717, 1.165) is 0 Å². The number of carbonyl (C=O) groups excluding carboxylic acids is 1. The molecule has 4 rings (SSSR count). The molecule has 3 fully saturated rings. The first-order valence-corrected chi connectivity index (χ1v) is 12.4. The number of sulfonamides is 1. The Hall–Kier alpha value is -1.92. The van der Waals surface area contributed by atoms with Gasteiger partial charge in [-0.25, -0.2) is 26.6 Å². The molecule has 0 atom stereocenters. The number of amides is 1. The molecule has 12 heteroatoms. The van der Waals surface area contributed by atoms with E-state index in [1.807, 2.05) is 0 Å². The summed E-state index contributed by atoms with van der Waals surface area (Å²) in [7, 11) is -7.54. The van der Waals surface area contributed by atoms with E-state index in [0.29, 0.717) is 42.8 Å². The van der Waals surface area contributed by atoms with E-state index in [2.05, 4.69) is 4.72 Å². The Labute approximate surface area is 168 Å². The molecule has 1 saturated heterocycles. The van der Waals surface area contributed by atoms with Gasteiger partial charge in [-0.05, 0) is 56.1 Å². The van der Waals surface area contributed by atoms with E-state index >= 15 is 4.39 Å². The van der Waals surface area contributed by atoms with Crippen molar-refractivity contribution >= 4 is 31.8 Å². The summed E-state index contributed by atoms with van der Waals surface area (Å²) in [5.74, 6) is -2.51. The predicted molar refractivity (Wildman–Crippen MR) is 103 cm³/mol. The number of phenols is 1. The molecule has 0 bridgehead atoms. The lowest BCUT2D eigenvalue weighted by Crippen LogP contribution is -2.39. The third-order valence-electron chi connectivity index (χ3n) is 5.66. The van der Waals surface area contributed by atoms with Crippen LogP contribution in [0.1, 0.15) is 50.0 Å². The van der Waals surface area contributed by atoms with Crippen LogP contribution in [0.5, 0.6) is 5.75 Å². The summed E-state index contributed by atoms with van der Waals surface area (Å²) in [5.41, 5.74) is -0.298. The van der Waals surface area contributed by atoms with Crippen LogP contribution in [0.15, 0.2) is 12.1 Å². The van der Waals surface area contributed by atoms with Gasteiger partial charge in [-0.15, -0.1) is 0 Å². The zero-order chi connectivity index (χ0) is 21.0. The highest BCUT2D eigenvalue weighted by molar-refractivity contribution is 7.92. The number of anilines is 1. The molecule has 3 N–H and O–H groups in total. The molecule has 29 heavy (non-hydrogen) atoms. The summed E-state index contributed by atoms with van der Waals surface area (Å²) >= 11 is 0. The molecule has 2 aliphatic carbocycles. The number of benzene rings is 1. The number of nitrogens with one attached hydrogen (secondary N) is 2. The van der Waals surface area contributed by atoms with Crippen LogP contribution >= 0.6 is 0 Å². The van der Waals surface area contributed by atoms with E-state index in [4.69, 9.17) is 0 Å². The quantitative estimate of drug-likeness (QED) is 0.612. The van der Waals surface area contributed by atoms with Gasteiger partial charge >= 0.3 is 10.2 Å². The SMILES string of the molecule is O=C1CN(c2c(O)ccc(C3CCC(NS(=O)(=O)C4CC4)CC3)c2F)S(=O)(=O)N1. The lowest BCUT2D eigenvalue weighted by atomic mass is 9.81. The lowest BCUT2D eigenvalue weighted by molar-refractivity contribution is -0.117. The van der Waals surface area contributed by atoms with E-state index in [1.54, 1.807) is 4.72 Å². The van der Waals surface area contributed by atoms with E-state index in [1.165, 1.54) is 12.1 Å². The lowest BCUT2D eigenvalue weighted by Gasteiger charge is -2.30. The number of phenolic OH excluding ortho intramolecular Hbond substituents is 1. The van der Waals surface area contributed by atoms with Gasteiger partial charge in [-0.2, -0.15) is 8.42 Å². The molecular formula is C17H22FN3O6S2. The summed E-state index contributed by atoms with van der Waals surface area (Å²) < 4.78 is 68.5. The molecular weight excluding hydrogens is 425 g/mol. The first-order valence-electron chi connectivity index (χ1n) is 9.44. The zero-order valence-corrected chi connectivity index (χ0v) is 17.1. The fourth-order valence-electron chi connectivity index (χ4n) is 4.00. The van der Waals surface area contributed by atoms with Crippen LogP contribution < -0.4 is 13.7 Å². The highest BCUT2D eigenvalue weighted by atomic mass is 32.2. The Morgan fingerprint density at radius 1 is 1.14 bits per heavy atom. The minimum atomic E-state index is -4.26. The Morgan fingerprint density at radius 3 is 2.34 bits per heavy atom. The van der Waals surface area contributed by atoms with Crippen molar-refractivity contribution in [2.75, 3.05) is 10.8 Å². The first kappa shape index (κ1) is 20.4. The van der Waals surface area contributed by atoms with Gasteiger partial charge in [0.25, 0.3) is 5.91 Å². The number of halogens is 1. The molecule has 1 aliphatic heterocycles. The maximum absolute atomic E-state index is 15.2. The minimum absolute atomic E-state index is 0.197. The molecule has 3 aliphatic rings. The monoisotopic (exact) mass is 447 g/mol. The molecule has 2 saturated carbocycles. The molecule has 9 nitrogen and oxygen atoms in total. The molecule has 160 valence electrons. The summed E-state index contributed by atoms with van der Waals surface area (Å²) in [6.45, 7) is -0.605. The molecule has 0 unspecified atom stereocenters. The van der Waals surface area contributed by atoms with Crippen molar-refractivity contribution in [2.45, 2.75) is 55.7 Å². The van der Waals surface area contributed by atoms with Crippen molar-refractivity contribution in [1.82, 2.24) is 9.44 Å². The molecule has 0 spiro atoms. The van der Waals surface area contributed by atoms with E-state index in [-0.39, 0.29) is 22.8 Å². The second-order valence-corrected chi connectivity index (χ2v) is 11.4. The number of nitrogens with zero attached hydrogens (tertiary/aromatic N) is 1. The fourth-order valence-corrected chi connectivity index (χ4v) is 6.81.